The summed E-state index contributed by atoms with van der Waals surface area (Å²) in [5.41, 5.74) is 4.93. The third kappa shape index (κ3) is 3.95. The maximum atomic E-state index is 11.5. The number of nitrogens with one attached hydrogen (secondary N) is 1. The Hall–Kier alpha value is -0.610. The molecule has 1 amide bonds. The Labute approximate surface area is 111 Å². The Kier molecular flexibility index (Phi) is 5.60. The molecule has 1 heterocycles. The molecule has 1 saturated heterocycles. The van der Waals surface area contributed by atoms with Crippen LogP contribution in [0.2, 0.25) is 0 Å². The standard InChI is InChI=1S/C14H29N3O/c1-5-16-14(4,13(15)18)7-9-17-8-6-12(10-17)11(2)3/h11-12,16H,5-10H2,1-4H3,(H2,15,18). The number of hydrogen-bond acceptors (Lipinski definition) is 3. The first-order chi connectivity index (χ1) is 8.39. The zero-order valence-electron chi connectivity index (χ0n) is 12.3. The third-order valence-electron chi connectivity index (χ3n) is 4.29. The van der Waals surface area contributed by atoms with Gasteiger partial charge < -0.3 is 16.0 Å². The molecule has 0 aliphatic carbocycles. The summed E-state index contributed by atoms with van der Waals surface area (Å²) < 4.78 is 0. The second-order valence-electron chi connectivity index (χ2n) is 6.07. The molecule has 0 aromatic heterocycles. The van der Waals surface area contributed by atoms with Crippen LogP contribution in [0.4, 0.5) is 0 Å². The van der Waals surface area contributed by atoms with Crippen LogP contribution in [0.1, 0.15) is 40.5 Å². The number of carbonyl (C=O) groups excluding carboxylic acids is 1. The smallest absolute Gasteiger partial charge is 0.237 e. The summed E-state index contributed by atoms with van der Waals surface area (Å²) in [4.78, 5) is 14.0. The number of carbonyl (C=O) groups is 1. The SMILES string of the molecule is CCNC(C)(CCN1CCC(C(C)C)C1)C(N)=O. The highest BCUT2D eigenvalue weighted by atomic mass is 16.1. The first-order valence-corrected chi connectivity index (χ1v) is 7.16. The van der Waals surface area contributed by atoms with Gasteiger partial charge in [-0.05, 0) is 44.7 Å². The molecule has 4 nitrogen and oxygen atoms in total. The van der Waals surface area contributed by atoms with Gasteiger partial charge in [-0.25, -0.2) is 0 Å². The molecule has 1 aliphatic heterocycles. The number of likely N-dealkylation sites (N-methyl/N-ethyl adjacent to an activating group) is 1. The molecule has 4 heteroatoms. The fraction of sp³-hybridized carbons (Fsp3) is 0.929. The van der Waals surface area contributed by atoms with Crippen molar-refractivity contribution in [1.82, 2.24) is 10.2 Å². The molecule has 1 aliphatic rings. The zero-order valence-corrected chi connectivity index (χ0v) is 12.3. The van der Waals surface area contributed by atoms with Crippen LogP contribution in [0.25, 0.3) is 0 Å². The predicted molar refractivity (Wildman–Crippen MR) is 75.3 cm³/mol. The quantitative estimate of drug-likeness (QED) is 0.719. The Morgan fingerprint density at radius 3 is 2.67 bits per heavy atom. The van der Waals surface area contributed by atoms with Crippen LogP contribution in [-0.2, 0) is 4.79 Å². The zero-order chi connectivity index (χ0) is 13.8. The van der Waals surface area contributed by atoms with Gasteiger partial charge in [-0.1, -0.05) is 20.8 Å². The van der Waals surface area contributed by atoms with Crippen molar-refractivity contribution < 1.29 is 4.79 Å². The number of primary amides is 1. The van der Waals surface area contributed by atoms with E-state index < -0.39 is 5.54 Å². The van der Waals surface area contributed by atoms with Gasteiger partial charge in [0.2, 0.25) is 5.91 Å². The average molecular weight is 255 g/mol. The van der Waals surface area contributed by atoms with Crippen LogP contribution in [0.15, 0.2) is 0 Å². The highest BCUT2D eigenvalue weighted by molar-refractivity contribution is 5.84. The van der Waals surface area contributed by atoms with Crippen LogP contribution in [-0.4, -0.2) is 42.5 Å². The van der Waals surface area contributed by atoms with Gasteiger partial charge in [0, 0.05) is 13.1 Å². The molecule has 2 unspecified atom stereocenters. The minimum absolute atomic E-state index is 0.246. The third-order valence-corrected chi connectivity index (χ3v) is 4.29. The van der Waals surface area contributed by atoms with Gasteiger partial charge in [0.15, 0.2) is 0 Å². The molecular formula is C14H29N3O. The Balaban J connectivity index is 2.42. The highest BCUT2D eigenvalue weighted by Gasteiger charge is 2.32. The van der Waals surface area contributed by atoms with E-state index in [1.807, 2.05) is 13.8 Å². The van der Waals surface area contributed by atoms with Crippen LogP contribution in [0.5, 0.6) is 0 Å². The lowest BCUT2D eigenvalue weighted by molar-refractivity contribution is -0.124. The number of nitrogens with two attached hydrogens (primary N) is 1. The fourth-order valence-corrected chi connectivity index (χ4v) is 2.68. The summed E-state index contributed by atoms with van der Waals surface area (Å²) in [5.74, 6) is 1.32. The van der Waals surface area contributed by atoms with E-state index in [1.165, 1.54) is 13.0 Å². The topological polar surface area (TPSA) is 58.4 Å². The van der Waals surface area contributed by atoms with E-state index >= 15 is 0 Å². The van der Waals surface area contributed by atoms with Crippen molar-refractivity contribution in [2.24, 2.45) is 17.6 Å². The second-order valence-corrected chi connectivity index (χ2v) is 6.07. The van der Waals surface area contributed by atoms with Gasteiger partial charge in [0.1, 0.15) is 0 Å². The molecule has 0 aromatic rings. The van der Waals surface area contributed by atoms with Crippen LogP contribution in [0.3, 0.4) is 0 Å². The van der Waals surface area contributed by atoms with Crippen LogP contribution in [0, 0.1) is 11.8 Å². The molecule has 1 rings (SSSR count). The van der Waals surface area contributed by atoms with E-state index in [-0.39, 0.29) is 5.91 Å². The number of likely N-dealkylation sites (tertiary alicyclic amines) is 1. The van der Waals surface area contributed by atoms with Crippen molar-refractivity contribution in [2.45, 2.75) is 46.1 Å². The van der Waals surface area contributed by atoms with Gasteiger partial charge in [-0.15, -0.1) is 0 Å². The Morgan fingerprint density at radius 1 is 1.56 bits per heavy atom. The molecular weight excluding hydrogens is 226 g/mol. The lowest BCUT2D eigenvalue weighted by atomic mass is 9.95. The molecule has 0 saturated carbocycles. The van der Waals surface area contributed by atoms with Gasteiger partial charge in [0.05, 0.1) is 5.54 Å². The largest absolute Gasteiger partial charge is 0.368 e. The average Bonchev–Trinajstić information content (AvgIpc) is 2.75. The van der Waals surface area contributed by atoms with Crippen molar-refractivity contribution >= 4 is 5.91 Å². The number of hydrogen-bond donors (Lipinski definition) is 2. The minimum atomic E-state index is -0.565. The molecule has 1 fully saturated rings. The molecule has 0 radical (unpaired) electrons. The van der Waals surface area contributed by atoms with E-state index in [2.05, 4.69) is 24.1 Å². The molecule has 0 spiro atoms. The van der Waals surface area contributed by atoms with Crippen molar-refractivity contribution in [3.05, 3.63) is 0 Å². The highest BCUT2D eigenvalue weighted by Crippen LogP contribution is 2.24. The molecule has 2 atom stereocenters. The van der Waals surface area contributed by atoms with Crippen LogP contribution < -0.4 is 11.1 Å². The number of rotatable bonds is 7. The fourth-order valence-electron chi connectivity index (χ4n) is 2.68. The van der Waals surface area contributed by atoms with Crippen molar-refractivity contribution in [1.29, 1.82) is 0 Å². The Morgan fingerprint density at radius 2 is 2.22 bits per heavy atom. The van der Waals surface area contributed by atoms with Gasteiger partial charge in [0.25, 0.3) is 0 Å². The monoisotopic (exact) mass is 255 g/mol. The summed E-state index contributed by atoms with van der Waals surface area (Å²) in [7, 11) is 0. The molecule has 3 N–H and O–H groups in total. The summed E-state index contributed by atoms with van der Waals surface area (Å²) in [6.07, 6.45) is 2.08. The molecule has 0 bridgehead atoms. The van der Waals surface area contributed by atoms with E-state index in [1.54, 1.807) is 0 Å². The lowest BCUT2D eigenvalue weighted by Gasteiger charge is -2.29. The minimum Gasteiger partial charge on any atom is -0.368 e. The maximum Gasteiger partial charge on any atom is 0.237 e. The lowest BCUT2D eigenvalue weighted by Crippen LogP contribution is -2.54. The van der Waals surface area contributed by atoms with Crippen molar-refractivity contribution in [3.8, 4) is 0 Å². The van der Waals surface area contributed by atoms with Gasteiger partial charge in [-0.2, -0.15) is 0 Å². The first-order valence-electron chi connectivity index (χ1n) is 7.16. The number of nitrogens with zero attached hydrogens (tertiary/aromatic N) is 1. The van der Waals surface area contributed by atoms with E-state index in [0.29, 0.717) is 0 Å². The summed E-state index contributed by atoms with van der Waals surface area (Å²) >= 11 is 0. The normalized spacial score (nSPS) is 24.4. The first kappa shape index (κ1) is 15.4. The second kappa shape index (κ2) is 6.53. The van der Waals surface area contributed by atoms with Crippen molar-refractivity contribution in [2.75, 3.05) is 26.2 Å². The van der Waals surface area contributed by atoms with Crippen LogP contribution >= 0.6 is 0 Å². The summed E-state index contributed by atoms with van der Waals surface area (Å²) in [6.45, 7) is 12.5. The summed E-state index contributed by atoms with van der Waals surface area (Å²) in [6, 6.07) is 0. The van der Waals surface area contributed by atoms with E-state index in [9.17, 15) is 4.79 Å². The number of amides is 1. The van der Waals surface area contributed by atoms with Crippen molar-refractivity contribution in [3.63, 3.8) is 0 Å². The molecule has 0 aromatic carbocycles. The molecule has 106 valence electrons. The summed E-state index contributed by atoms with van der Waals surface area (Å²) in [5, 5.41) is 3.22. The van der Waals surface area contributed by atoms with E-state index in [4.69, 9.17) is 5.73 Å². The van der Waals surface area contributed by atoms with Gasteiger partial charge in [-0.3, -0.25) is 4.79 Å². The maximum absolute atomic E-state index is 11.5. The Bertz CT molecular complexity index is 280. The molecule has 18 heavy (non-hydrogen) atoms. The van der Waals surface area contributed by atoms with Gasteiger partial charge >= 0.3 is 0 Å². The van der Waals surface area contributed by atoms with E-state index in [0.717, 1.165) is 37.9 Å². The predicted octanol–water partition coefficient (Wildman–Crippen LogP) is 1.21.